The van der Waals surface area contributed by atoms with E-state index in [9.17, 15) is 14.3 Å². The van der Waals surface area contributed by atoms with E-state index in [-0.39, 0.29) is 5.75 Å². The molecule has 0 amide bonds. The van der Waals surface area contributed by atoms with Crippen LogP contribution in [0.5, 0.6) is 11.5 Å². The first kappa shape index (κ1) is 16.5. The first-order valence-electron chi connectivity index (χ1n) is 7.02. The van der Waals surface area contributed by atoms with Gasteiger partial charge >= 0.3 is 5.97 Å². The molecule has 0 saturated carbocycles. The Morgan fingerprint density at radius 1 is 1.30 bits per heavy atom. The molecule has 2 aromatic carbocycles. The second-order valence-electron chi connectivity index (χ2n) is 5.15. The molecule has 0 saturated heterocycles. The molecule has 2 rings (SSSR count). The molecule has 0 aliphatic carbocycles. The lowest BCUT2D eigenvalue weighted by Crippen LogP contribution is -2.09. The van der Waals surface area contributed by atoms with Crippen molar-refractivity contribution in [3.8, 4) is 22.6 Å². The van der Waals surface area contributed by atoms with E-state index < -0.39 is 11.8 Å². The molecule has 0 aliphatic rings. The highest BCUT2D eigenvalue weighted by Crippen LogP contribution is 2.30. The van der Waals surface area contributed by atoms with Gasteiger partial charge in [-0.2, -0.15) is 0 Å². The van der Waals surface area contributed by atoms with Crippen LogP contribution < -0.4 is 4.74 Å². The summed E-state index contributed by atoms with van der Waals surface area (Å²) in [4.78, 5) is 11.7. The van der Waals surface area contributed by atoms with Crippen LogP contribution in [0.4, 0.5) is 4.39 Å². The first-order valence-corrected chi connectivity index (χ1v) is 7.02. The summed E-state index contributed by atoms with van der Waals surface area (Å²) in [7, 11) is 0. The van der Waals surface area contributed by atoms with Crippen molar-refractivity contribution in [1.29, 1.82) is 0 Å². The Bertz CT molecular complexity index is 778. The van der Waals surface area contributed by atoms with Crippen LogP contribution >= 0.6 is 0 Å². The van der Waals surface area contributed by atoms with Crippen LogP contribution in [0.1, 0.15) is 12.5 Å². The van der Waals surface area contributed by atoms with Gasteiger partial charge in [-0.05, 0) is 48.7 Å². The highest BCUT2D eigenvalue weighted by molar-refractivity contribution is 5.89. The minimum Gasteiger partial charge on any atom is -0.508 e. The zero-order valence-corrected chi connectivity index (χ0v) is 12.8. The number of phenols is 1. The third-order valence-electron chi connectivity index (χ3n) is 3.24. The normalized spacial score (nSPS) is 10.2. The van der Waals surface area contributed by atoms with Gasteiger partial charge < -0.3 is 9.84 Å². The van der Waals surface area contributed by atoms with Crippen LogP contribution in [0.2, 0.25) is 0 Å². The Balaban J connectivity index is 2.44. The summed E-state index contributed by atoms with van der Waals surface area (Å²) in [6, 6.07) is 8.97. The van der Waals surface area contributed by atoms with E-state index in [0.29, 0.717) is 34.4 Å². The summed E-state index contributed by atoms with van der Waals surface area (Å²) in [5.41, 5.74) is 1.98. The third-order valence-corrected chi connectivity index (χ3v) is 3.24. The average Bonchev–Trinajstić information content (AvgIpc) is 2.49. The fraction of sp³-hybridized carbons (Fsp3) is 0.105. The van der Waals surface area contributed by atoms with Crippen LogP contribution in [0.3, 0.4) is 0 Å². The summed E-state index contributed by atoms with van der Waals surface area (Å²) in [5.74, 6) is -0.787. The zero-order valence-electron chi connectivity index (χ0n) is 12.8. The van der Waals surface area contributed by atoms with Gasteiger partial charge in [0.15, 0.2) is 0 Å². The highest BCUT2D eigenvalue weighted by atomic mass is 19.1. The van der Waals surface area contributed by atoms with E-state index in [1.165, 1.54) is 12.1 Å². The average molecular weight is 312 g/mol. The molecule has 4 heteroatoms. The molecule has 2 aromatic rings. The minimum atomic E-state index is -0.527. The fourth-order valence-corrected chi connectivity index (χ4v) is 2.09. The summed E-state index contributed by atoms with van der Waals surface area (Å²) in [5, 5.41) is 9.30. The number of halogens is 1. The molecule has 0 radical (unpaired) electrons. The van der Waals surface area contributed by atoms with E-state index in [2.05, 4.69) is 13.2 Å². The Morgan fingerprint density at radius 2 is 2.04 bits per heavy atom. The van der Waals surface area contributed by atoms with Gasteiger partial charge in [-0.1, -0.05) is 18.7 Å². The molecule has 0 aliphatic heterocycles. The quantitative estimate of drug-likeness (QED) is 0.385. The van der Waals surface area contributed by atoms with Crippen LogP contribution in [-0.2, 0) is 11.2 Å². The maximum Gasteiger partial charge on any atom is 0.338 e. The molecule has 23 heavy (non-hydrogen) atoms. The summed E-state index contributed by atoms with van der Waals surface area (Å²) in [6.07, 6.45) is 2.14. The van der Waals surface area contributed by atoms with Crippen LogP contribution in [0.25, 0.3) is 11.1 Å². The van der Waals surface area contributed by atoms with E-state index in [0.717, 1.165) is 6.07 Å². The molecule has 0 unspecified atom stereocenters. The Kier molecular flexibility index (Phi) is 4.96. The van der Waals surface area contributed by atoms with Crippen LogP contribution in [-0.4, -0.2) is 11.1 Å². The Labute approximate surface area is 134 Å². The van der Waals surface area contributed by atoms with Gasteiger partial charge in [-0.15, -0.1) is 6.58 Å². The van der Waals surface area contributed by atoms with Gasteiger partial charge in [0.05, 0.1) is 0 Å². The lowest BCUT2D eigenvalue weighted by atomic mass is 10.00. The molecule has 0 fully saturated rings. The number of ether oxygens (including phenoxy) is 1. The molecule has 0 atom stereocenters. The maximum atomic E-state index is 14.0. The SMILES string of the molecule is C=CCc1cc(-c2ccc(O)cc2F)ccc1OC(=O)C(=C)C. The van der Waals surface area contributed by atoms with Crippen LogP contribution in [0.15, 0.2) is 61.2 Å². The lowest BCUT2D eigenvalue weighted by Gasteiger charge is -2.12. The number of carbonyl (C=O) groups is 1. The molecule has 0 bridgehead atoms. The minimum absolute atomic E-state index is 0.135. The van der Waals surface area contributed by atoms with Gasteiger partial charge in [-0.3, -0.25) is 0 Å². The van der Waals surface area contributed by atoms with Crippen molar-refractivity contribution in [3.63, 3.8) is 0 Å². The molecule has 118 valence electrons. The Morgan fingerprint density at radius 3 is 2.65 bits per heavy atom. The molecule has 0 spiro atoms. The molecule has 0 aromatic heterocycles. The van der Waals surface area contributed by atoms with Gasteiger partial charge in [0.2, 0.25) is 0 Å². The molecule has 0 heterocycles. The van der Waals surface area contributed by atoms with Gasteiger partial charge in [0, 0.05) is 17.2 Å². The number of carbonyl (C=O) groups excluding carboxylic acids is 1. The second kappa shape index (κ2) is 6.92. The number of benzene rings is 2. The van der Waals surface area contributed by atoms with Crippen LogP contribution in [0, 0.1) is 5.82 Å². The number of esters is 1. The summed E-state index contributed by atoms with van der Waals surface area (Å²) >= 11 is 0. The first-order chi connectivity index (χ1) is 10.9. The smallest absolute Gasteiger partial charge is 0.338 e. The topological polar surface area (TPSA) is 46.5 Å². The van der Waals surface area contributed by atoms with Crippen molar-refractivity contribution in [3.05, 3.63) is 72.6 Å². The molecular weight excluding hydrogens is 295 g/mol. The van der Waals surface area contributed by atoms with Gasteiger partial charge in [0.25, 0.3) is 0 Å². The number of phenolic OH excluding ortho intramolecular Hbond substituents is 1. The van der Waals surface area contributed by atoms with Crippen molar-refractivity contribution >= 4 is 5.97 Å². The predicted molar refractivity (Wildman–Crippen MR) is 87.9 cm³/mol. The van der Waals surface area contributed by atoms with Gasteiger partial charge in [0.1, 0.15) is 17.3 Å². The highest BCUT2D eigenvalue weighted by Gasteiger charge is 2.13. The van der Waals surface area contributed by atoms with Gasteiger partial charge in [-0.25, -0.2) is 9.18 Å². The van der Waals surface area contributed by atoms with E-state index in [4.69, 9.17) is 4.74 Å². The predicted octanol–water partition coefficient (Wildman–Crippen LogP) is 4.41. The second-order valence-corrected chi connectivity index (χ2v) is 5.15. The molecule has 1 N–H and O–H groups in total. The van der Waals surface area contributed by atoms with Crippen molar-refractivity contribution in [2.24, 2.45) is 0 Å². The van der Waals surface area contributed by atoms with E-state index in [1.54, 1.807) is 31.2 Å². The lowest BCUT2D eigenvalue weighted by molar-refractivity contribution is -0.130. The van der Waals surface area contributed by atoms with Crippen molar-refractivity contribution < 1.29 is 19.0 Å². The van der Waals surface area contributed by atoms with Crippen molar-refractivity contribution in [1.82, 2.24) is 0 Å². The number of rotatable bonds is 5. The summed E-state index contributed by atoms with van der Waals surface area (Å²) < 4.78 is 19.3. The number of allylic oxidation sites excluding steroid dienone is 1. The number of hydrogen-bond acceptors (Lipinski definition) is 3. The maximum absolute atomic E-state index is 14.0. The van der Waals surface area contributed by atoms with E-state index in [1.807, 2.05) is 0 Å². The fourth-order valence-electron chi connectivity index (χ4n) is 2.09. The monoisotopic (exact) mass is 312 g/mol. The standard InChI is InChI=1S/C19H17FO3/c1-4-5-14-10-13(16-8-7-15(21)11-17(16)20)6-9-18(14)23-19(22)12(2)3/h4,6-11,21H,1-2,5H2,3H3. The van der Waals surface area contributed by atoms with Crippen molar-refractivity contribution in [2.45, 2.75) is 13.3 Å². The number of aromatic hydroxyl groups is 1. The summed E-state index contributed by atoms with van der Waals surface area (Å²) in [6.45, 7) is 8.79. The zero-order chi connectivity index (χ0) is 17.0. The number of hydrogen-bond donors (Lipinski definition) is 1. The third kappa shape index (κ3) is 3.86. The molecule has 3 nitrogen and oxygen atoms in total. The van der Waals surface area contributed by atoms with Crippen molar-refractivity contribution in [2.75, 3.05) is 0 Å². The van der Waals surface area contributed by atoms with E-state index >= 15 is 0 Å². The largest absolute Gasteiger partial charge is 0.508 e. The Hall–Kier alpha value is -2.88. The molecular formula is C19H17FO3.